The van der Waals surface area contributed by atoms with Crippen LogP contribution in [0.2, 0.25) is 0 Å². The van der Waals surface area contributed by atoms with Gasteiger partial charge in [0.05, 0.1) is 0 Å². The van der Waals surface area contributed by atoms with Crippen LogP contribution < -0.4 is 10.1 Å². The van der Waals surface area contributed by atoms with Gasteiger partial charge in [-0.3, -0.25) is 4.79 Å². The molecule has 0 bridgehead atoms. The Morgan fingerprint density at radius 3 is 2.52 bits per heavy atom. The van der Waals surface area contributed by atoms with Gasteiger partial charge in [0.1, 0.15) is 24.0 Å². The first kappa shape index (κ1) is 21.9. The molecule has 0 fully saturated rings. The average Bonchev–Trinajstić information content (AvgIpc) is 2.83. The summed E-state index contributed by atoms with van der Waals surface area (Å²) in [7, 11) is 0. The molecule has 4 rings (SSSR count). The first-order valence-electron chi connectivity index (χ1n) is 10.7. The summed E-state index contributed by atoms with van der Waals surface area (Å²) >= 11 is 0. The Kier molecular flexibility index (Phi) is 6.52. The minimum atomic E-state index is -0.449. The fourth-order valence-electron chi connectivity index (χ4n) is 3.59. The van der Waals surface area contributed by atoms with E-state index in [-0.39, 0.29) is 5.57 Å². The zero-order valence-electron chi connectivity index (χ0n) is 18.6. The molecule has 4 aromatic rings. The van der Waals surface area contributed by atoms with E-state index in [4.69, 9.17) is 4.74 Å². The van der Waals surface area contributed by atoms with E-state index in [1.165, 1.54) is 5.39 Å². The molecule has 162 valence electrons. The number of hydrogen-bond acceptors (Lipinski definition) is 3. The van der Waals surface area contributed by atoms with Crippen LogP contribution in [0.3, 0.4) is 0 Å². The van der Waals surface area contributed by atoms with Crippen molar-refractivity contribution in [3.8, 4) is 11.8 Å². The van der Waals surface area contributed by atoms with Gasteiger partial charge in [-0.1, -0.05) is 66.7 Å². The number of benzene rings is 4. The lowest BCUT2D eigenvalue weighted by atomic mass is 10.1. The van der Waals surface area contributed by atoms with Crippen LogP contribution in [0.15, 0.2) is 90.5 Å². The van der Waals surface area contributed by atoms with Crippen LogP contribution in [0.4, 0.5) is 5.69 Å². The lowest BCUT2D eigenvalue weighted by Gasteiger charge is -2.11. The Morgan fingerprint density at radius 1 is 0.939 bits per heavy atom. The van der Waals surface area contributed by atoms with E-state index in [1.54, 1.807) is 6.08 Å². The van der Waals surface area contributed by atoms with Crippen molar-refractivity contribution in [2.24, 2.45) is 0 Å². The lowest BCUT2D eigenvalue weighted by molar-refractivity contribution is -0.112. The molecule has 4 heteroatoms. The van der Waals surface area contributed by atoms with Gasteiger partial charge in [-0.05, 0) is 65.6 Å². The van der Waals surface area contributed by atoms with Crippen LogP contribution in [-0.2, 0) is 11.4 Å². The van der Waals surface area contributed by atoms with Crippen LogP contribution in [0, 0.1) is 25.2 Å². The molecular formula is C29H24N2O2. The number of para-hydroxylation sites is 1. The van der Waals surface area contributed by atoms with Gasteiger partial charge in [0.15, 0.2) is 0 Å². The summed E-state index contributed by atoms with van der Waals surface area (Å²) in [6.45, 7) is 4.26. The van der Waals surface area contributed by atoms with Gasteiger partial charge in [0, 0.05) is 11.3 Å². The predicted molar refractivity (Wildman–Crippen MR) is 133 cm³/mol. The Hall–Kier alpha value is -4.36. The maximum absolute atomic E-state index is 12.8. The molecule has 0 saturated heterocycles. The van der Waals surface area contributed by atoms with E-state index >= 15 is 0 Å². The molecule has 4 aromatic carbocycles. The van der Waals surface area contributed by atoms with Crippen molar-refractivity contribution in [2.75, 3.05) is 5.32 Å². The molecule has 0 aliphatic rings. The molecule has 33 heavy (non-hydrogen) atoms. The van der Waals surface area contributed by atoms with E-state index in [0.29, 0.717) is 23.6 Å². The summed E-state index contributed by atoms with van der Waals surface area (Å²) in [5, 5.41) is 14.8. The maximum atomic E-state index is 12.8. The smallest absolute Gasteiger partial charge is 0.266 e. The first-order chi connectivity index (χ1) is 16.0. The lowest BCUT2D eigenvalue weighted by Crippen LogP contribution is -2.14. The molecule has 0 aromatic heterocycles. The fourth-order valence-corrected chi connectivity index (χ4v) is 3.59. The number of anilines is 1. The first-order valence-corrected chi connectivity index (χ1v) is 10.7. The number of carbonyl (C=O) groups excluding carboxylic acids is 1. The molecular weight excluding hydrogens is 408 g/mol. The van der Waals surface area contributed by atoms with Crippen molar-refractivity contribution in [3.05, 3.63) is 113 Å². The van der Waals surface area contributed by atoms with Crippen LogP contribution in [0.1, 0.15) is 22.3 Å². The highest BCUT2D eigenvalue weighted by Gasteiger charge is 2.13. The molecule has 0 spiro atoms. The van der Waals surface area contributed by atoms with Crippen molar-refractivity contribution >= 4 is 28.4 Å². The predicted octanol–water partition coefficient (Wildman–Crippen LogP) is 6.58. The third kappa shape index (κ3) is 5.28. The number of fused-ring (bicyclic) bond motifs is 1. The highest BCUT2D eigenvalue weighted by Crippen LogP contribution is 2.24. The summed E-state index contributed by atoms with van der Waals surface area (Å²) in [5.41, 5.74) is 4.39. The van der Waals surface area contributed by atoms with Gasteiger partial charge < -0.3 is 10.1 Å². The molecule has 0 saturated carbocycles. The normalized spacial score (nSPS) is 11.1. The molecule has 0 unspecified atom stereocenters. The number of carbonyl (C=O) groups is 1. The standard InChI is InChI=1S/C29H24N2O2/c1-20-11-12-21(2)27(15-20)31-29(32)26(18-30)17-25-9-5-6-10-28(25)33-19-22-13-14-23-7-3-4-8-24(23)16-22/h3-17H,19H2,1-2H3,(H,31,32)/b26-17+. The zero-order chi connectivity index (χ0) is 23.2. The molecule has 4 nitrogen and oxygen atoms in total. The fraction of sp³-hybridized carbons (Fsp3) is 0.103. The zero-order valence-corrected chi connectivity index (χ0v) is 18.6. The number of ether oxygens (including phenoxy) is 1. The second-order valence-corrected chi connectivity index (χ2v) is 7.95. The minimum absolute atomic E-state index is 0.0117. The summed E-state index contributed by atoms with van der Waals surface area (Å²) in [6, 6.07) is 29.6. The minimum Gasteiger partial charge on any atom is -0.488 e. The monoisotopic (exact) mass is 432 g/mol. The summed E-state index contributed by atoms with van der Waals surface area (Å²) in [4.78, 5) is 12.8. The summed E-state index contributed by atoms with van der Waals surface area (Å²) in [5.74, 6) is 0.161. The van der Waals surface area contributed by atoms with Crippen molar-refractivity contribution in [1.29, 1.82) is 5.26 Å². The van der Waals surface area contributed by atoms with E-state index in [9.17, 15) is 10.1 Å². The molecule has 0 aliphatic carbocycles. The van der Waals surface area contributed by atoms with Gasteiger partial charge in [-0.25, -0.2) is 0 Å². The summed E-state index contributed by atoms with van der Waals surface area (Å²) < 4.78 is 6.06. The third-order valence-corrected chi connectivity index (χ3v) is 5.43. The number of nitriles is 1. The molecule has 0 aliphatic heterocycles. The highest BCUT2D eigenvalue weighted by molar-refractivity contribution is 6.10. The van der Waals surface area contributed by atoms with Gasteiger partial charge in [-0.2, -0.15) is 5.26 Å². The highest BCUT2D eigenvalue weighted by atomic mass is 16.5. The Balaban J connectivity index is 1.54. The Bertz CT molecular complexity index is 1400. The maximum Gasteiger partial charge on any atom is 0.266 e. The number of nitrogens with one attached hydrogen (secondary N) is 1. The van der Waals surface area contributed by atoms with E-state index in [2.05, 4.69) is 29.6 Å². The van der Waals surface area contributed by atoms with Crippen LogP contribution in [-0.4, -0.2) is 5.91 Å². The SMILES string of the molecule is Cc1ccc(C)c(NC(=O)/C(C#N)=C/c2ccccc2OCc2ccc3ccccc3c2)c1. The second-order valence-electron chi connectivity index (χ2n) is 7.95. The van der Waals surface area contributed by atoms with Crippen molar-refractivity contribution in [1.82, 2.24) is 0 Å². The van der Waals surface area contributed by atoms with Crippen molar-refractivity contribution in [2.45, 2.75) is 20.5 Å². The summed E-state index contributed by atoms with van der Waals surface area (Å²) in [6.07, 6.45) is 1.57. The second kappa shape index (κ2) is 9.84. The van der Waals surface area contributed by atoms with E-state index in [1.807, 2.05) is 80.6 Å². The van der Waals surface area contributed by atoms with Gasteiger partial charge in [0.2, 0.25) is 0 Å². The number of aryl methyl sites for hydroxylation is 2. The number of rotatable bonds is 6. The number of nitrogens with zero attached hydrogens (tertiary/aromatic N) is 1. The molecule has 0 heterocycles. The topological polar surface area (TPSA) is 62.1 Å². The third-order valence-electron chi connectivity index (χ3n) is 5.43. The quantitative estimate of drug-likeness (QED) is 0.276. The largest absolute Gasteiger partial charge is 0.488 e. The molecule has 1 amide bonds. The average molecular weight is 433 g/mol. The molecule has 0 radical (unpaired) electrons. The molecule has 0 atom stereocenters. The Labute approximate surface area is 193 Å². The van der Waals surface area contributed by atoms with Gasteiger partial charge in [0.25, 0.3) is 5.91 Å². The van der Waals surface area contributed by atoms with Crippen LogP contribution in [0.25, 0.3) is 16.8 Å². The van der Waals surface area contributed by atoms with Gasteiger partial charge in [-0.15, -0.1) is 0 Å². The van der Waals surface area contributed by atoms with Crippen molar-refractivity contribution < 1.29 is 9.53 Å². The van der Waals surface area contributed by atoms with Crippen LogP contribution >= 0.6 is 0 Å². The van der Waals surface area contributed by atoms with Crippen molar-refractivity contribution in [3.63, 3.8) is 0 Å². The van der Waals surface area contributed by atoms with E-state index < -0.39 is 5.91 Å². The van der Waals surface area contributed by atoms with Gasteiger partial charge >= 0.3 is 0 Å². The number of amides is 1. The van der Waals surface area contributed by atoms with Crippen LogP contribution in [0.5, 0.6) is 5.75 Å². The Morgan fingerprint density at radius 2 is 1.70 bits per heavy atom. The number of hydrogen-bond donors (Lipinski definition) is 1. The molecule has 1 N–H and O–H groups in total. The van der Waals surface area contributed by atoms with E-state index in [0.717, 1.165) is 22.1 Å².